The van der Waals surface area contributed by atoms with Crippen molar-refractivity contribution in [1.29, 1.82) is 0 Å². The van der Waals surface area contributed by atoms with Gasteiger partial charge >= 0.3 is 0 Å². The van der Waals surface area contributed by atoms with Gasteiger partial charge in [0, 0.05) is 41.7 Å². The van der Waals surface area contributed by atoms with Gasteiger partial charge in [0.25, 0.3) is 5.91 Å². The van der Waals surface area contributed by atoms with Crippen LogP contribution in [0.25, 0.3) is 22.3 Å². The molecule has 0 aliphatic rings. The molecule has 0 unspecified atom stereocenters. The monoisotopic (exact) mass is 375 g/mol. The quantitative estimate of drug-likeness (QED) is 0.576. The van der Waals surface area contributed by atoms with Gasteiger partial charge < -0.3 is 21.7 Å². The molecule has 0 fully saturated rings. The number of hydrogen-bond acceptors (Lipinski definition) is 5. The molecule has 0 saturated carbocycles. The van der Waals surface area contributed by atoms with E-state index in [1.54, 1.807) is 12.3 Å². The number of nitrogen functional groups attached to an aromatic ring is 2. The number of likely N-dealkylation sites (N-methyl/N-ethyl adjacent to an activating group) is 1. The summed E-state index contributed by atoms with van der Waals surface area (Å²) in [5.41, 5.74) is 16.8. The van der Waals surface area contributed by atoms with Crippen molar-refractivity contribution in [2.24, 2.45) is 0 Å². The van der Waals surface area contributed by atoms with Gasteiger partial charge in [0.2, 0.25) is 0 Å². The fourth-order valence-corrected chi connectivity index (χ4v) is 2.91. The smallest absolute Gasteiger partial charge is 0.251 e. The second-order valence-electron chi connectivity index (χ2n) is 6.92. The van der Waals surface area contributed by atoms with Gasteiger partial charge in [0.1, 0.15) is 5.82 Å². The Morgan fingerprint density at radius 1 is 1.00 bits per heavy atom. The summed E-state index contributed by atoms with van der Waals surface area (Å²) in [5.74, 6) is 0.343. The molecule has 0 atom stereocenters. The first-order valence-corrected chi connectivity index (χ1v) is 9.09. The Balaban J connectivity index is 1.88. The van der Waals surface area contributed by atoms with Crippen LogP contribution < -0.4 is 16.8 Å². The average Bonchev–Trinajstić information content (AvgIpc) is 2.68. The number of nitrogens with one attached hydrogen (secondary N) is 1. The van der Waals surface area contributed by atoms with Crippen LogP contribution in [-0.4, -0.2) is 43.0 Å². The molecule has 0 spiro atoms. The molecular formula is C22H25N5O. The number of carbonyl (C=O) groups is 1. The summed E-state index contributed by atoms with van der Waals surface area (Å²) >= 11 is 0. The van der Waals surface area contributed by atoms with Crippen molar-refractivity contribution < 1.29 is 4.79 Å². The SMILES string of the molecule is CN(C)CCNC(=O)c1cccc(-c2cnc(N)c(-c3cccc(N)c3)c2)c1. The number of carbonyl (C=O) groups excluding carboxylic acids is 1. The number of amides is 1. The average molecular weight is 375 g/mol. The minimum atomic E-state index is -0.0943. The first-order valence-electron chi connectivity index (χ1n) is 9.09. The minimum absolute atomic E-state index is 0.0943. The van der Waals surface area contributed by atoms with E-state index in [9.17, 15) is 4.79 Å². The van der Waals surface area contributed by atoms with E-state index in [-0.39, 0.29) is 5.91 Å². The number of aromatic nitrogens is 1. The zero-order chi connectivity index (χ0) is 20.1. The lowest BCUT2D eigenvalue weighted by atomic mass is 9.99. The first-order chi connectivity index (χ1) is 13.4. The van der Waals surface area contributed by atoms with Crippen molar-refractivity contribution in [2.75, 3.05) is 38.7 Å². The molecule has 6 heteroatoms. The fourth-order valence-electron chi connectivity index (χ4n) is 2.91. The summed E-state index contributed by atoms with van der Waals surface area (Å²) < 4.78 is 0. The molecule has 5 N–H and O–H groups in total. The lowest BCUT2D eigenvalue weighted by Gasteiger charge is -2.12. The molecule has 0 aliphatic carbocycles. The van der Waals surface area contributed by atoms with E-state index in [0.717, 1.165) is 28.8 Å². The molecule has 28 heavy (non-hydrogen) atoms. The van der Waals surface area contributed by atoms with Crippen molar-refractivity contribution >= 4 is 17.4 Å². The van der Waals surface area contributed by atoms with Crippen LogP contribution in [0.5, 0.6) is 0 Å². The van der Waals surface area contributed by atoms with Crippen LogP contribution in [0, 0.1) is 0 Å². The van der Waals surface area contributed by atoms with Gasteiger partial charge in [-0.25, -0.2) is 4.98 Å². The maximum atomic E-state index is 12.4. The highest BCUT2D eigenvalue weighted by Crippen LogP contribution is 2.30. The van der Waals surface area contributed by atoms with Crippen LogP contribution in [0.1, 0.15) is 10.4 Å². The third-order valence-corrected chi connectivity index (χ3v) is 4.42. The lowest BCUT2D eigenvalue weighted by molar-refractivity contribution is 0.0951. The van der Waals surface area contributed by atoms with E-state index in [1.165, 1.54) is 0 Å². The van der Waals surface area contributed by atoms with Crippen LogP contribution in [0.2, 0.25) is 0 Å². The van der Waals surface area contributed by atoms with Crippen LogP contribution in [0.4, 0.5) is 11.5 Å². The number of hydrogen-bond donors (Lipinski definition) is 3. The summed E-state index contributed by atoms with van der Waals surface area (Å²) in [6.45, 7) is 1.38. The molecule has 1 heterocycles. The Morgan fingerprint density at radius 3 is 2.50 bits per heavy atom. The van der Waals surface area contributed by atoms with Gasteiger partial charge in [-0.05, 0) is 55.6 Å². The second-order valence-corrected chi connectivity index (χ2v) is 6.92. The predicted molar refractivity (Wildman–Crippen MR) is 115 cm³/mol. The Hall–Kier alpha value is -3.38. The highest BCUT2D eigenvalue weighted by atomic mass is 16.1. The number of anilines is 2. The van der Waals surface area contributed by atoms with Crippen molar-refractivity contribution in [3.8, 4) is 22.3 Å². The number of nitrogens with zero attached hydrogens (tertiary/aromatic N) is 2. The fraction of sp³-hybridized carbons (Fsp3) is 0.182. The second kappa shape index (κ2) is 8.54. The predicted octanol–water partition coefficient (Wildman–Crippen LogP) is 2.87. The Bertz CT molecular complexity index is 984. The standard InChI is InChI=1S/C22H25N5O/c1-27(2)10-9-25-22(28)17-7-3-5-15(11-17)18-13-20(21(24)26-14-18)16-6-4-8-19(23)12-16/h3-8,11-14H,9-10,23H2,1-2H3,(H2,24,26)(H,25,28). The summed E-state index contributed by atoms with van der Waals surface area (Å²) in [6.07, 6.45) is 1.72. The number of benzene rings is 2. The molecule has 0 radical (unpaired) electrons. The Kier molecular flexibility index (Phi) is 5.91. The summed E-state index contributed by atoms with van der Waals surface area (Å²) in [7, 11) is 3.94. The van der Waals surface area contributed by atoms with Crippen LogP contribution in [0.3, 0.4) is 0 Å². The molecule has 3 rings (SSSR count). The number of pyridine rings is 1. The van der Waals surface area contributed by atoms with E-state index in [2.05, 4.69) is 10.3 Å². The van der Waals surface area contributed by atoms with Gasteiger partial charge in [-0.15, -0.1) is 0 Å². The molecule has 1 aromatic heterocycles. The minimum Gasteiger partial charge on any atom is -0.399 e. The van der Waals surface area contributed by atoms with Gasteiger partial charge in [0.15, 0.2) is 0 Å². The van der Waals surface area contributed by atoms with Crippen molar-refractivity contribution in [3.05, 3.63) is 66.4 Å². The molecule has 3 aromatic rings. The van der Waals surface area contributed by atoms with Gasteiger partial charge in [-0.3, -0.25) is 4.79 Å². The molecule has 2 aromatic carbocycles. The first kappa shape index (κ1) is 19.4. The summed E-state index contributed by atoms with van der Waals surface area (Å²) in [4.78, 5) is 18.8. The van der Waals surface area contributed by atoms with Crippen LogP contribution in [-0.2, 0) is 0 Å². The van der Waals surface area contributed by atoms with E-state index >= 15 is 0 Å². The van der Waals surface area contributed by atoms with Gasteiger partial charge in [-0.1, -0.05) is 24.3 Å². The molecular weight excluding hydrogens is 350 g/mol. The third kappa shape index (κ3) is 4.66. The van der Waals surface area contributed by atoms with Crippen molar-refractivity contribution in [1.82, 2.24) is 15.2 Å². The van der Waals surface area contributed by atoms with Gasteiger partial charge in [0.05, 0.1) is 0 Å². The van der Waals surface area contributed by atoms with E-state index in [0.29, 0.717) is 23.6 Å². The molecule has 1 amide bonds. The highest BCUT2D eigenvalue weighted by molar-refractivity contribution is 5.95. The van der Waals surface area contributed by atoms with Crippen LogP contribution >= 0.6 is 0 Å². The largest absolute Gasteiger partial charge is 0.399 e. The van der Waals surface area contributed by atoms with Crippen molar-refractivity contribution in [3.63, 3.8) is 0 Å². The van der Waals surface area contributed by atoms with Crippen molar-refractivity contribution in [2.45, 2.75) is 0 Å². The number of rotatable bonds is 6. The Labute approximate surface area is 165 Å². The maximum Gasteiger partial charge on any atom is 0.251 e. The summed E-state index contributed by atoms with van der Waals surface area (Å²) in [5, 5.41) is 2.93. The topological polar surface area (TPSA) is 97.3 Å². The van der Waals surface area contributed by atoms with E-state index in [1.807, 2.05) is 67.5 Å². The Morgan fingerprint density at radius 2 is 1.75 bits per heavy atom. The normalized spacial score (nSPS) is 10.8. The number of nitrogens with two attached hydrogens (primary N) is 2. The molecule has 144 valence electrons. The third-order valence-electron chi connectivity index (χ3n) is 4.42. The zero-order valence-corrected chi connectivity index (χ0v) is 16.1. The summed E-state index contributed by atoms with van der Waals surface area (Å²) in [6, 6.07) is 17.0. The lowest BCUT2D eigenvalue weighted by Crippen LogP contribution is -2.31. The van der Waals surface area contributed by atoms with E-state index < -0.39 is 0 Å². The van der Waals surface area contributed by atoms with Crippen LogP contribution in [0.15, 0.2) is 60.8 Å². The zero-order valence-electron chi connectivity index (χ0n) is 16.1. The molecule has 0 saturated heterocycles. The molecule has 6 nitrogen and oxygen atoms in total. The van der Waals surface area contributed by atoms with E-state index in [4.69, 9.17) is 11.5 Å². The highest BCUT2D eigenvalue weighted by Gasteiger charge is 2.10. The molecule has 0 aliphatic heterocycles. The van der Waals surface area contributed by atoms with Gasteiger partial charge in [-0.2, -0.15) is 0 Å². The maximum absolute atomic E-state index is 12.4. The molecule has 0 bridgehead atoms.